The van der Waals surface area contributed by atoms with E-state index in [4.69, 9.17) is 4.74 Å². The van der Waals surface area contributed by atoms with Crippen molar-refractivity contribution in [2.24, 2.45) is 0 Å². The molecule has 1 aromatic rings. The molecule has 2 rings (SSSR count). The fourth-order valence-electron chi connectivity index (χ4n) is 1.95. The van der Waals surface area contributed by atoms with Crippen molar-refractivity contribution in [1.82, 2.24) is 0 Å². The second-order valence-corrected chi connectivity index (χ2v) is 4.03. The highest BCUT2D eigenvalue weighted by Crippen LogP contribution is 2.28. The van der Waals surface area contributed by atoms with Gasteiger partial charge in [0.25, 0.3) is 0 Å². The first-order valence-corrected chi connectivity index (χ1v) is 5.48. The Balaban J connectivity index is 2.02. The summed E-state index contributed by atoms with van der Waals surface area (Å²) in [7, 11) is 0. The van der Waals surface area contributed by atoms with E-state index in [-0.39, 0.29) is 11.7 Å². The zero-order chi connectivity index (χ0) is 12.3. The fourth-order valence-corrected chi connectivity index (χ4v) is 1.95. The van der Waals surface area contributed by atoms with E-state index < -0.39 is 6.36 Å². The molecule has 1 aliphatic heterocycles. The van der Waals surface area contributed by atoms with Gasteiger partial charge in [-0.1, -0.05) is 12.1 Å². The smallest absolute Gasteiger partial charge is 0.406 e. The van der Waals surface area contributed by atoms with E-state index in [9.17, 15) is 13.2 Å². The molecule has 1 atom stereocenters. The topological polar surface area (TPSA) is 18.5 Å². The van der Waals surface area contributed by atoms with E-state index >= 15 is 0 Å². The van der Waals surface area contributed by atoms with E-state index in [1.54, 1.807) is 12.1 Å². The Morgan fingerprint density at radius 3 is 2.41 bits per heavy atom. The van der Waals surface area contributed by atoms with Gasteiger partial charge in [-0.25, -0.2) is 0 Å². The van der Waals surface area contributed by atoms with Crippen LogP contribution in [0.5, 0.6) is 5.75 Å². The Hall–Kier alpha value is -1.23. The lowest BCUT2D eigenvalue weighted by molar-refractivity contribution is -0.274. The van der Waals surface area contributed by atoms with Crippen molar-refractivity contribution < 1.29 is 22.6 Å². The van der Waals surface area contributed by atoms with Gasteiger partial charge in [0, 0.05) is 12.5 Å². The second kappa shape index (κ2) is 4.96. The summed E-state index contributed by atoms with van der Waals surface area (Å²) in [6, 6.07) is 6.02. The minimum absolute atomic E-state index is 0.182. The van der Waals surface area contributed by atoms with Crippen LogP contribution in [-0.4, -0.2) is 19.6 Å². The van der Waals surface area contributed by atoms with Gasteiger partial charge in [0.2, 0.25) is 0 Å². The normalized spacial score (nSPS) is 21.2. The highest BCUT2D eigenvalue weighted by Gasteiger charge is 2.31. The Labute approximate surface area is 97.3 Å². The minimum atomic E-state index is -4.63. The lowest BCUT2D eigenvalue weighted by Gasteiger charge is -2.22. The third kappa shape index (κ3) is 3.63. The molecule has 1 saturated heterocycles. The fraction of sp³-hybridized carbons (Fsp3) is 0.500. The highest BCUT2D eigenvalue weighted by atomic mass is 19.4. The molecule has 0 amide bonds. The number of benzene rings is 1. The Kier molecular flexibility index (Phi) is 3.57. The van der Waals surface area contributed by atoms with Gasteiger partial charge >= 0.3 is 6.36 Å². The number of hydrogen-bond donors (Lipinski definition) is 0. The van der Waals surface area contributed by atoms with Crippen molar-refractivity contribution in [2.45, 2.75) is 25.1 Å². The van der Waals surface area contributed by atoms with Crippen LogP contribution >= 0.6 is 0 Å². The summed E-state index contributed by atoms with van der Waals surface area (Å²) in [4.78, 5) is 0. The zero-order valence-corrected chi connectivity index (χ0v) is 9.17. The van der Waals surface area contributed by atoms with Crippen LogP contribution in [0.4, 0.5) is 13.2 Å². The number of alkyl halides is 3. The summed E-state index contributed by atoms with van der Waals surface area (Å²) in [5.74, 6) is 0.0988. The molecule has 1 unspecified atom stereocenters. The maximum absolute atomic E-state index is 12.0. The van der Waals surface area contributed by atoms with Crippen LogP contribution in [0, 0.1) is 0 Å². The number of ether oxygens (including phenoxy) is 2. The summed E-state index contributed by atoms with van der Waals surface area (Å²) in [5, 5.41) is 0. The number of rotatable bonds is 2. The standard InChI is InChI=1S/C12H13F3O2/c13-12(14,15)17-11-5-3-9(4-6-11)10-2-1-7-16-8-10/h3-6,10H,1-2,7-8H2. The summed E-state index contributed by atoms with van der Waals surface area (Å²) in [6.45, 7) is 1.41. The van der Waals surface area contributed by atoms with Gasteiger partial charge in [-0.05, 0) is 30.5 Å². The molecule has 1 fully saturated rings. The molecule has 0 aromatic heterocycles. The molecule has 17 heavy (non-hydrogen) atoms. The van der Waals surface area contributed by atoms with Crippen LogP contribution in [0.25, 0.3) is 0 Å². The largest absolute Gasteiger partial charge is 0.573 e. The lowest BCUT2D eigenvalue weighted by Crippen LogP contribution is -2.17. The van der Waals surface area contributed by atoms with Crippen LogP contribution in [0.3, 0.4) is 0 Å². The first-order valence-electron chi connectivity index (χ1n) is 5.48. The average molecular weight is 246 g/mol. The van der Waals surface area contributed by atoms with Crippen molar-refractivity contribution in [3.63, 3.8) is 0 Å². The third-order valence-electron chi connectivity index (χ3n) is 2.75. The van der Waals surface area contributed by atoms with Gasteiger partial charge in [0.05, 0.1) is 6.61 Å². The van der Waals surface area contributed by atoms with Gasteiger partial charge < -0.3 is 9.47 Å². The number of halogens is 3. The Bertz CT molecular complexity index is 353. The van der Waals surface area contributed by atoms with E-state index in [0.29, 0.717) is 6.61 Å². The van der Waals surface area contributed by atoms with Gasteiger partial charge in [-0.2, -0.15) is 0 Å². The molecule has 1 heterocycles. The number of hydrogen-bond acceptors (Lipinski definition) is 2. The third-order valence-corrected chi connectivity index (χ3v) is 2.75. The van der Waals surface area contributed by atoms with Crippen molar-refractivity contribution in [1.29, 1.82) is 0 Å². The van der Waals surface area contributed by atoms with Gasteiger partial charge in [-0.15, -0.1) is 13.2 Å². The van der Waals surface area contributed by atoms with Crippen LogP contribution in [0.15, 0.2) is 24.3 Å². The van der Waals surface area contributed by atoms with Gasteiger partial charge in [-0.3, -0.25) is 0 Å². The van der Waals surface area contributed by atoms with Crippen LogP contribution in [0.1, 0.15) is 24.3 Å². The molecule has 94 valence electrons. The molecule has 0 spiro atoms. The molecule has 2 nitrogen and oxygen atoms in total. The monoisotopic (exact) mass is 246 g/mol. The van der Waals surface area contributed by atoms with E-state index in [1.165, 1.54) is 12.1 Å². The first kappa shape index (κ1) is 12.2. The van der Waals surface area contributed by atoms with E-state index in [2.05, 4.69) is 4.74 Å². The molecular formula is C12H13F3O2. The maximum Gasteiger partial charge on any atom is 0.573 e. The van der Waals surface area contributed by atoms with Crippen molar-refractivity contribution in [3.8, 4) is 5.75 Å². The average Bonchev–Trinajstić information content (AvgIpc) is 2.29. The van der Waals surface area contributed by atoms with Crippen LogP contribution in [0.2, 0.25) is 0 Å². The van der Waals surface area contributed by atoms with Gasteiger partial charge in [0.1, 0.15) is 5.75 Å². The molecule has 1 aromatic carbocycles. The molecule has 0 aliphatic carbocycles. The minimum Gasteiger partial charge on any atom is -0.406 e. The first-order chi connectivity index (χ1) is 8.04. The molecule has 0 N–H and O–H groups in total. The molecule has 0 radical (unpaired) electrons. The van der Waals surface area contributed by atoms with E-state index in [0.717, 1.165) is 25.0 Å². The summed E-state index contributed by atoms with van der Waals surface area (Å²) in [6.07, 6.45) is -2.62. The SMILES string of the molecule is FC(F)(F)Oc1ccc(C2CCCOC2)cc1. The van der Waals surface area contributed by atoms with Crippen LogP contribution in [-0.2, 0) is 4.74 Å². The quantitative estimate of drug-likeness (QED) is 0.795. The highest BCUT2D eigenvalue weighted by molar-refractivity contribution is 5.29. The lowest BCUT2D eigenvalue weighted by atomic mass is 9.94. The Morgan fingerprint density at radius 1 is 1.18 bits per heavy atom. The van der Waals surface area contributed by atoms with Gasteiger partial charge in [0.15, 0.2) is 0 Å². The molecule has 5 heteroatoms. The van der Waals surface area contributed by atoms with Crippen molar-refractivity contribution in [2.75, 3.05) is 13.2 Å². The molecular weight excluding hydrogens is 233 g/mol. The second-order valence-electron chi connectivity index (χ2n) is 4.03. The summed E-state index contributed by atoms with van der Waals surface area (Å²) >= 11 is 0. The Morgan fingerprint density at radius 2 is 1.88 bits per heavy atom. The maximum atomic E-state index is 12.0. The van der Waals surface area contributed by atoms with Crippen LogP contribution < -0.4 is 4.74 Å². The molecule has 1 aliphatic rings. The van der Waals surface area contributed by atoms with Crippen molar-refractivity contribution in [3.05, 3.63) is 29.8 Å². The van der Waals surface area contributed by atoms with E-state index in [1.807, 2.05) is 0 Å². The predicted molar refractivity (Wildman–Crippen MR) is 55.9 cm³/mol. The zero-order valence-electron chi connectivity index (χ0n) is 9.17. The summed E-state index contributed by atoms with van der Waals surface area (Å²) < 4.78 is 45.0. The predicted octanol–water partition coefficient (Wildman–Crippen LogP) is 3.48. The van der Waals surface area contributed by atoms with Crippen molar-refractivity contribution >= 4 is 0 Å². The molecule has 0 bridgehead atoms. The summed E-state index contributed by atoms with van der Waals surface area (Å²) in [5.41, 5.74) is 0.999. The molecule has 0 saturated carbocycles.